The molecule has 1 unspecified atom stereocenters. The number of thiol groups is 1. The first kappa shape index (κ1) is 6.95. The molecule has 0 radical (unpaired) electrons. The van der Waals surface area contributed by atoms with Crippen LogP contribution >= 0.6 is 12.6 Å². The van der Waals surface area contributed by atoms with E-state index in [1.54, 1.807) is 0 Å². The zero-order valence-corrected chi connectivity index (χ0v) is 7.03. The maximum Gasteiger partial charge on any atom is 0.0776 e. The minimum Gasteiger partial charge on any atom is -0.254 e. The third-order valence-corrected chi connectivity index (χ3v) is 3.21. The molecule has 2 fully saturated rings. The lowest BCUT2D eigenvalue weighted by molar-refractivity contribution is 0.105. The first-order chi connectivity index (χ1) is 4.81. The Kier molecular flexibility index (Phi) is 1.66. The number of nitrogens with zero attached hydrogens (tertiary/aromatic N) is 1. The molecule has 2 rings (SSSR count). The van der Waals surface area contributed by atoms with Gasteiger partial charge in [0.1, 0.15) is 0 Å². The minimum absolute atomic E-state index is 0.207. The highest BCUT2D eigenvalue weighted by molar-refractivity contribution is 7.81. The van der Waals surface area contributed by atoms with Crippen LogP contribution in [0.2, 0.25) is 0 Å². The Morgan fingerprint density at radius 1 is 1.30 bits per heavy atom. The molecule has 2 heterocycles. The molecular formula is C7H14N2S. The number of hydrogen-bond acceptors (Lipinski definition) is 3. The quantitative estimate of drug-likeness (QED) is 0.511. The molecule has 0 spiro atoms. The monoisotopic (exact) mass is 158 g/mol. The summed E-state index contributed by atoms with van der Waals surface area (Å²) in [5, 5.41) is 2.31. The van der Waals surface area contributed by atoms with Crippen LogP contribution in [0, 0.1) is 0 Å². The van der Waals surface area contributed by atoms with Gasteiger partial charge in [-0.1, -0.05) is 0 Å². The van der Waals surface area contributed by atoms with Gasteiger partial charge in [-0.15, -0.1) is 0 Å². The Balaban J connectivity index is 2.10. The van der Waals surface area contributed by atoms with Crippen LogP contribution in [0.15, 0.2) is 0 Å². The van der Waals surface area contributed by atoms with Gasteiger partial charge in [0.05, 0.1) is 4.87 Å². The Hall–Kier alpha value is 0.270. The molecule has 2 aliphatic rings. The summed E-state index contributed by atoms with van der Waals surface area (Å²) >= 11 is 4.67. The molecule has 2 aliphatic heterocycles. The van der Waals surface area contributed by atoms with Crippen molar-refractivity contribution >= 4 is 12.6 Å². The highest BCUT2D eigenvalue weighted by Gasteiger charge is 2.39. The van der Waals surface area contributed by atoms with Gasteiger partial charge in [-0.3, -0.25) is 5.43 Å². The van der Waals surface area contributed by atoms with Gasteiger partial charge < -0.3 is 0 Å². The van der Waals surface area contributed by atoms with Crippen molar-refractivity contribution in [3.05, 3.63) is 0 Å². The summed E-state index contributed by atoms with van der Waals surface area (Å²) in [6, 6.07) is 0. The molecule has 3 heteroatoms. The third kappa shape index (κ3) is 0.966. The third-order valence-electron chi connectivity index (χ3n) is 2.52. The van der Waals surface area contributed by atoms with Crippen LogP contribution in [0.3, 0.4) is 0 Å². The predicted molar refractivity (Wildman–Crippen MR) is 44.9 cm³/mol. The van der Waals surface area contributed by atoms with Crippen molar-refractivity contribution in [1.82, 2.24) is 10.4 Å². The fourth-order valence-corrected chi connectivity index (χ4v) is 2.42. The van der Waals surface area contributed by atoms with E-state index in [-0.39, 0.29) is 4.87 Å². The summed E-state index contributed by atoms with van der Waals surface area (Å²) in [5.74, 6) is 0. The predicted octanol–water partition coefficient (Wildman–Crippen LogP) is 1.01. The Labute approximate surface area is 67.4 Å². The van der Waals surface area contributed by atoms with Crippen LogP contribution in [0.5, 0.6) is 0 Å². The smallest absolute Gasteiger partial charge is 0.0776 e. The van der Waals surface area contributed by atoms with Crippen LogP contribution in [-0.2, 0) is 0 Å². The molecule has 0 aromatic carbocycles. The molecule has 10 heavy (non-hydrogen) atoms. The lowest BCUT2D eigenvalue weighted by Crippen LogP contribution is -2.52. The molecular weight excluding hydrogens is 144 g/mol. The maximum absolute atomic E-state index is 4.67. The average molecular weight is 158 g/mol. The molecule has 2 nitrogen and oxygen atoms in total. The van der Waals surface area contributed by atoms with Gasteiger partial charge in [0.15, 0.2) is 0 Å². The summed E-state index contributed by atoms with van der Waals surface area (Å²) in [6.07, 6.45) is 5.09. The van der Waals surface area contributed by atoms with E-state index in [0.717, 1.165) is 6.54 Å². The lowest BCUT2D eigenvalue weighted by Gasteiger charge is -2.38. The summed E-state index contributed by atoms with van der Waals surface area (Å²) in [4.78, 5) is 0.207. The molecule has 2 saturated heterocycles. The maximum atomic E-state index is 4.67. The first-order valence-corrected chi connectivity index (χ1v) is 4.49. The Morgan fingerprint density at radius 3 is 2.90 bits per heavy atom. The minimum atomic E-state index is 0.207. The van der Waals surface area contributed by atoms with Crippen molar-refractivity contribution in [2.75, 3.05) is 13.1 Å². The molecule has 1 N–H and O–H groups in total. The molecule has 0 aliphatic carbocycles. The van der Waals surface area contributed by atoms with Crippen LogP contribution in [0.4, 0.5) is 0 Å². The van der Waals surface area contributed by atoms with Gasteiger partial charge in [0.25, 0.3) is 0 Å². The number of hydrazine groups is 1. The molecule has 0 bridgehead atoms. The number of rotatable bonds is 0. The van der Waals surface area contributed by atoms with E-state index < -0.39 is 0 Å². The van der Waals surface area contributed by atoms with Gasteiger partial charge >= 0.3 is 0 Å². The summed E-state index contributed by atoms with van der Waals surface area (Å²) in [6.45, 7) is 2.33. The molecule has 0 amide bonds. The van der Waals surface area contributed by atoms with E-state index in [1.165, 1.54) is 32.2 Å². The van der Waals surface area contributed by atoms with Crippen LogP contribution in [0.25, 0.3) is 0 Å². The highest BCUT2D eigenvalue weighted by atomic mass is 32.1. The Bertz CT molecular complexity index is 140. The van der Waals surface area contributed by atoms with E-state index in [2.05, 4.69) is 23.1 Å². The largest absolute Gasteiger partial charge is 0.254 e. The van der Waals surface area contributed by atoms with E-state index in [1.807, 2.05) is 0 Å². The molecule has 0 aromatic heterocycles. The van der Waals surface area contributed by atoms with Gasteiger partial charge in [0.2, 0.25) is 0 Å². The van der Waals surface area contributed by atoms with Crippen molar-refractivity contribution in [2.24, 2.45) is 0 Å². The normalized spacial score (nSPS) is 41.7. The second kappa shape index (κ2) is 2.40. The van der Waals surface area contributed by atoms with Crippen LogP contribution in [-0.4, -0.2) is 23.0 Å². The molecule has 0 saturated carbocycles. The van der Waals surface area contributed by atoms with Crippen molar-refractivity contribution in [3.63, 3.8) is 0 Å². The molecule has 0 aromatic rings. The zero-order chi connectivity index (χ0) is 7.03. The van der Waals surface area contributed by atoms with Crippen molar-refractivity contribution in [2.45, 2.75) is 30.6 Å². The van der Waals surface area contributed by atoms with Crippen molar-refractivity contribution in [3.8, 4) is 0 Å². The highest BCUT2D eigenvalue weighted by Crippen LogP contribution is 2.37. The molecule has 1 atom stereocenters. The average Bonchev–Trinajstić information content (AvgIpc) is 2.29. The SMILES string of the molecule is SC12CCCNN1CCC2. The topological polar surface area (TPSA) is 15.3 Å². The van der Waals surface area contributed by atoms with Gasteiger partial charge in [0, 0.05) is 13.1 Å². The number of hydrogen-bond donors (Lipinski definition) is 2. The first-order valence-electron chi connectivity index (χ1n) is 4.05. The fraction of sp³-hybridized carbons (Fsp3) is 1.00. The van der Waals surface area contributed by atoms with Crippen molar-refractivity contribution < 1.29 is 0 Å². The summed E-state index contributed by atoms with van der Waals surface area (Å²) in [7, 11) is 0. The van der Waals surface area contributed by atoms with Gasteiger partial charge in [-0.05, 0) is 25.7 Å². The van der Waals surface area contributed by atoms with Crippen molar-refractivity contribution in [1.29, 1.82) is 0 Å². The number of nitrogens with one attached hydrogen (secondary N) is 1. The lowest BCUT2D eigenvalue weighted by atomic mass is 10.1. The number of fused-ring (bicyclic) bond motifs is 1. The second-order valence-corrected chi connectivity index (χ2v) is 4.08. The summed E-state index contributed by atoms with van der Waals surface area (Å²) in [5.41, 5.74) is 3.38. The van der Waals surface area contributed by atoms with Gasteiger partial charge in [-0.2, -0.15) is 12.6 Å². The fourth-order valence-electron chi connectivity index (χ4n) is 1.94. The van der Waals surface area contributed by atoms with E-state index in [9.17, 15) is 0 Å². The second-order valence-electron chi connectivity index (χ2n) is 3.25. The van der Waals surface area contributed by atoms with Crippen LogP contribution in [0.1, 0.15) is 25.7 Å². The zero-order valence-electron chi connectivity index (χ0n) is 6.14. The summed E-state index contributed by atoms with van der Waals surface area (Å²) < 4.78 is 0. The van der Waals surface area contributed by atoms with E-state index in [4.69, 9.17) is 0 Å². The standard InChI is InChI=1S/C7H14N2S/c10-7-3-1-5-8-9(7)6-2-4-7/h8,10H,1-6H2. The van der Waals surface area contributed by atoms with E-state index >= 15 is 0 Å². The Morgan fingerprint density at radius 2 is 2.10 bits per heavy atom. The molecule has 58 valence electrons. The van der Waals surface area contributed by atoms with Crippen LogP contribution < -0.4 is 5.43 Å². The van der Waals surface area contributed by atoms with E-state index in [0.29, 0.717) is 0 Å². The van der Waals surface area contributed by atoms with Gasteiger partial charge in [-0.25, -0.2) is 5.01 Å².